The predicted octanol–water partition coefficient (Wildman–Crippen LogP) is 9.18. The van der Waals surface area contributed by atoms with Crippen LogP contribution in [0.5, 0.6) is 0 Å². The van der Waals surface area contributed by atoms with Crippen LogP contribution in [0, 0.1) is 37.1 Å². The molecule has 0 amide bonds. The molecule has 0 aliphatic rings. The first-order valence-electron chi connectivity index (χ1n) is 17.4. The van der Waals surface area contributed by atoms with Crippen molar-refractivity contribution < 1.29 is 51.7 Å². The number of carboxylic acid groups (broad SMARTS) is 2. The smallest absolute Gasteiger partial charge is 0.356 e. The Morgan fingerprint density at radius 1 is 0.683 bits per heavy atom. The first kappa shape index (κ1) is 42.4. The highest BCUT2D eigenvalue weighted by Crippen LogP contribution is 2.37. The van der Waals surface area contributed by atoms with Crippen LogP contribution in [0.3, 0.4) is 0 Å². The fraction of sp³-hybridized carbons (Fsp3) is 0.0952. The molecule has 8 rings (SSSR count). The molecule has 4 N–H and O–H groups in total. The van der Waals surface area contributed by atoms with E-state index in [4.69, 9.17) is 10.8 Å². The van der Waals surface area contributed by atoms with Crippen molar-refractivity contribution in [2.24, 2.45) is 0 Å². The number of aryl methyl sites for hydroxylation is 2. The van der Waals surface area contributed by atoms with Crippen molar-refractivity contribution >= 4 is 63.1 Å². The van der Waals surface area contributed by atoms with E-state index in [1.807, 2.05) is 0 Å². The Kier molecular flexibility index (Phi) is 12.6. The van der Waals surface area contributed by atoms with Crippen molar-refractivity contribution in [3.63, 3.8) is 0 Å². The number of rotatable bonds is 8. The molecule has 0 spiro atoms. The molecule has 0 fully saturated rings. The maximum atomic E-state index is 14.4. The van der Waals surface area contributed by atoms with Gasteiger partial charge in [0.15, 0.2) is 11.5 Å². The molecule has 0 saturated heterocycles. The van der Waals surface area contributed by atoms with Crippen molar-refractivity contribution in [2.45, 2.75) is 20.3 Å². The van der Waals surface area contributed by atoms with Gasteiger partial charge in [-0.3, -0.25) is 4.79 Å². The van der Waals surface area contributed by atoms with Crippen LogP contribution in [-0.4, -0.2) is 60.2 Å². The lowest BCUT2D eigenvalue weighted by atomic mass is 10.0. The van der Waals surface area contributed by atoms with E-state index in [9.17, 15) is 41.8 Å². The number of carbonyl (C=O) groups excluding carboxylic acids is 2. The van der Waals surface area contributed by atoms with E-state index in [0.717, 1.165) is 16.9 Å². The van der Waals surface area contributed by atoms with E-state index < -0.39 is 41.1 Å². The highest BCUT2D eigenvalue weighted by Gasteiger charge is 2.25. The molecule has 0 unspecified atom stereocenters. The lowest BCUT2D eigenvalue weighted by molar-refractivity contribution is 0.0601. The van der Waals surface area contributed by atoms with Gasteiger partial charge in [-0.05, 0) is 78.4 Å². The normalized spacial score (nSPS) is 10.8. The van der Waals surface area contributed by atoms with Crippen LogP contribution in [0.25, 0.3) is 31.9 Å². The summed E-state index contributed by atoms with van der Waals surface area (Å²) in [6.45, 7) is 3.54. The number of halogens is 4. The number of esters is 1. The molecule has 8 aromatic rings. The molecule has 0 radical (unpaired) electrons. The van der Waals surface area contributed by atoms with Gasteiger partial charge in [-0.2, -0.15) is 10.2 Å². The van der Waals surface area contributed by atoms with Gasteiger partial charge in [-0.15, -0.1) is 22.7 Å². The Labute approximate surface area is 345 Å². The lowest BCUT2D eigenvalue weighted by Gasteiger charge is -2.05. The van der Waals surface area contributed by atoms with Gasteiger partial charge >= 0.3 is 17.9 Å². The topological polar surface area (TPSA) is 179 Å². The van der Waals surface area contributed by atoms with Gasteiger partial charge in [-0.25, -0.2) is 41.0 Å². The maximum Gasteiger partial charge on any atom is 0.356 e. The predicted molar refractivity (Wildman–Crippen MR) is 217 cm³/mol. The van der Waals surface area contributed by atoms with Crippen LogP contribution in [0.4, 0.5) is 23.2 Å². The number of hydrogen-bond donors (Lipinski definition) is 3. The van der Waals surface area contributed by atoms with Gasteiger partial charge < -0.3 is 20.7 Å². The third-order valence-corrected chi connectivity index (χ3v) is 10.9. The summed E-state index contributed by atoms with van der Waals surface area (Å²) in [5.74, 6) is -5.31. The number of carbonyl (C=O) groups is 4. The van der Waals surface area contributed by atoms with Crippen LogP contribution >= 0.6 is 22.7 Å². The molecule has 0 bridgehead atoms. The summed E-state index contributed by atoms with van der Waals surface area (Å²) in [5, 5.41) is 29.1. The number of thiophene rings is 2. The monoisotopic (exact) mass is 857 g/mol. The number of anilines is 1. The molecule has 2 aromatic carbocycles. The summed E-state index contributed by atoms with van der Waals surface area (Å²) < 4.78 is 62.2. The number of ether oxygens (including phenoxy) is 1. The number of ketones is 1. The minimum Gasteiger partial charge on any atom is -0.478 e. The molecule has 306 valence electrons. The number of aromatic carboxylic acids is 2. The van der Waals surface area contributed by atoms with Gasteiger partial charge in [0.05, 0.1) is 28.1 Å². The zero-order valence-electron chi connectivity index (χ0n) is 31.6. The fourth-order valence-corrected chi connectivity index (χ4v) is 7.98. The summed E-state index contributed by atoms with van der Waals surface area (Å²) in [6, 6.07) is 17.4. The zero-order valence-corrected chi connectivity index (χ0v) is 33.2. The highest BCUT2D eigenvalue weighted by molar-refractivity contribution is 7.14. The van der Waals surface area contributed by atoms with Crippen molar-refractivity contribution in [3.8, 4) is 20.9 Å². The van der Waals surface area contributed by atoms with Crippen LogP contribution in [-0.2, 0) is 11.2 Å². The van der Waals surface area contributed by atoms with Crippen LogP contribution < -0.4 is 5.73 Å². The highest BCUT2D eigenvalue weighted by atomic mass is 32.1. The summed E-state index contributed by atoms with van der Waals surface area (Å²) in [7, 11) is 1.27. The van der Waals surface area contributed by atoms with Crippen LogP contribution in [0.1, 0.15) is 58.4 Å². The summed E-state index contributed by atoms with van der Waals surface area (Å²) in [4.78, 5) is 47.4. The molecule has 60 heavy (non-hydrogen) atoms. The van der Waals surface area contributed by atoms with E-state index in [1.54, 1.807) is 37.4 Å². The number of nitrogens with two attached hydrogens (primary N) is 1. The average Bonchev–Trinajstić information content (AvgIpc) is 4.01. The van der Waals surface area contributed by atoms with E-state index >= 15 is 0 Å². The van der Waals surface area contributed by atoms with E-state index in [2.05, 4.69) is 14.9 Å². The van der Waals surface area contributed by atoms with E-state index in [1.165, 1.54) is 99.8 Å². The Morgan fingerprint density at radius 3 is 1.67 bits per heavy atom. The average molecular weight is 858 g/mol. The minimum atomic E-state index is -1.25. The van der Waals surface area contributed by atoms with Crippen molar-refractivity contribution in [1.29, 1.82) is 0 Å². The van der Waals surface area contributed by atoms with Gasteiger partial charge in [-0.1, -0.05) is 24.3 Å². The van der Waals surface area contributed by atoms with Gasteiger partial charge in [0.25, 0.3) is 0 Å². The first-order chi connectivity index (χ1) is 28.6. The molecule has 6 heterocycles. The second-order valence-corrected chi connectivity index (χ2v) is 14.7. The number of aromatic nitrogens is 4. The number of pyridine rings is 2. The quantitative estimate of drug-likeness (QED) is 0.0758. The minimum absolute atomic E-state index is 0.0284. The van der Waals surface area contributed by atoms with Gasteiger partial charge in [0, 0.05) is 41.4 Å². The van der Waals surface area contributed by atoms with Crippen LogP contribution in [0.15, 0.2) is 96.0 Å². The van der Waals surface area contributed by atoms with Gasteiger partial charge in [0.1, 0.15) is 45.6 Å². The molecule has 18 heteroatoms. The molecule has 12 nitrogen and oxygen atoms in total. The standard InChI is InChI=1S/C21H14F2N2O3S.C13H12FNO2S.C8H5FN2O2/c1-11-4-5-13(15(23)7-11)20-19(21(27)28)12(10-29-20)8-18(26)16-9-17-14(22)3-2-6-25(17)24-16;1-7-3-4-8(9(14)5-7)12-11(13(16)17-2)10(15)6-18-12;9-5-2-1-3-11-7(5)4-6(10-11)8(12)13/h2-7,9-10H,8H2,1H3,(H,27,28);3-6H,15H2,1-2H3;1-4H,(H,12,13). The number of carboxylic acids is 2. The Morgan fingerprint density at radius 2 is 1.18 bits per heavy atom. The molecule has 6 aromatic heterocycles. The number of methoxy groups -OCH3 is 1. The number of nitrogen functional groups attached to an aromatic ring is 1. The summed E-state index contributed by atoms with van der Waals surface area (Å²) >= 11 is 2.29. The van der Waals surface area contributed by atoms with Crippen molar-refractivity contribution in [3.05, 3.63) is 158 Å². The zero-order chi connectivity index (χ0) is 43.4. The number of Topliss-reactive ketones (excluding diaryl/α,β-unsaturated/α-hetero) is 1. The second-order valence-electron chi connectivity index (χ2n) is 13.0. The molecule has 0 saturated carbocycles. The summed E-state index contributed by atoms with van der Waals surface area (Å²) in [6.07, 6.45) is 2.77. The number of nitrogens with zero attached hydrogens (tertiary/aromatic N) is 4. The third-order valence-electron chi connectivity index (χ3n) is 8.78. The third kappa shape index (κ3) is 8.93. The number of hydrogen-bond acceptors (Lipinski definition) is 10. The molecule has 0 atom stereocenters. The number of benzene rings is 2. The molecule has 0 aliphatic carbocycles. The lowest BCUT2D eigenvalue weighted by Crippen LogP contribution is -2.08. The van der Waals surface area contributed by atoms with Crippen LogP contribution in [0.2, 0.25) is 0 Å². The van der Waals surface area contributed by atoms with E-state index in [0.29, 0.717) is 21.7 Å². The van der Waals surface area contributed by atoms with Crippen molar-refractivity contribution in [2.75, 3.05) is 12.8 Å². The van der Waals surface area contributed by atoms with E-state index in [-0.39, 0.29) is 61.8 Å². The Hall–Kier alpha value is -7.18. The fourth-order valence-electron chi connectivity index (χ4n) is 5.91. The first-order valence-corrected chi connectivity index (χ1v) is 19.2. The summed E-state index contributed by atoms with van der Waals surface area (Å²) in [5.41, 5.74) is 8.67. The second kappa shape index (κ2) is 17.8. The molecular weight excluding hydrogens is 827 g/mol. The largest absolute Gasteiger partial charge is 0.478 e. The SMILES string of the molecule is COC(=O)c1c(N)csc1-c1ccc(C)cc1F.Cc1ccc(-c2scc(CC(=O)c3cc4c(F)cccn4n3)c2C(=O)O)c(F)c1.O=C(O)c1cc2c(F)cccn2n1. The Bertz CT molecular complexity index is 2960. The molecule has 0 aliphatic heterocycles. The van der Waals surface area contributed by atoms with Crippen molar-refractivity contribution in [1.82, 2.24) is 19.2 Å². The number of fused-ring (bicyclic) bond motifs is 2. The van der Waals surface area contributed by atoms with Gasteiger partial charge in [0.2, 0.25) is 0 Å². The maximum absolute atomic E-state index is 14.4. The Balaban J connectivity index is 0.000000166. The molecular formula is C42H31F4N5O7S2.